The number of nitrogens with one attached hydrogen (secondary N) is 1. The van der Waals surface area contributed by atoms with E-state index >= 15 is 0 Å². The molecule has 0 saturated carbocycles. The second kappa shape index (κ2) is 6.22. The molecule has 0 aliphatic heterocycles. The Kier molecular flexibility index (Phi) is 4.60. The summed E-state index contributed by atoms with van der Waals surface area (Å²) in [5.41, 5.74) is 4.85. The third-order valence-electron chi connectivity index (χ3n) is 3.58. The number of benzene rings is 1. The molecular weight excluding hydrogens is 359 g/mol. The molecule has 2 nitrogen and oxygen atoms in total. The lowest BCUT2D eigenvalue weighted by Gasteiger charge is -1.97. The number of hydrogen-bond acceptors (Lipinski definition) is 0. The Hall–Kier alpha value is -1.62. The van der Waals surface area contributed by atoms with E-state index in [1.165, 1.54) is 27.9 Å². The van der Waals surface area contributed by atoms with Crippen molar-refractivity contribution < 1.29 is 28.5 Å². The van der Waals surface area contributed by atoms with Crippen LogP contribution in [0, 0.1) is 6.92 Å². The minimum absolute atomic E-state index is 0. The third kappa shape index (κ3) is 2.77. The molecule has 0 bridgehead atoms. The number of para-hydroxylation sites is 1. The first-order valence-corrected chi connectivity index (χ1v) is 6.45. The Morgan fingerprint density at radius 2 is 1.80 bits per heavy atom. The highest BCUT2D eigenvalue weighted by Crippen LogP contribution is 2.19. The van der Waals surface area contributed by atoms with Crippen LogP contribution in [0.25, 0.3) is 23.1 Å². The second-order valence-corrected chi connectivity index (χ2v) is 4.77. The van der Waals surface area contributed by atoms with E-state index in [9.17, 15) is 0 Å². The van der Waals surface area contributed by atoms with Crippen molar-refractivity contribution in [1.82, 2.24) is 4.98 Å². The average molecular weight is 376 g/mol. The number of rotatable bonds is 2. The molecule has 1 N–H and O–H groups in total. The summed E-state index contributed by atoms with van der Waals surface area (Å²) in [6.45, 7) is 2.11. The molecule has 102 valence electrons. The zero-order valence-electron chi connectivity index (χ0n) is 11.6. The van der Waals surface area contributed by atoms with E-state index in [0.717, 1.165) is 0 Å². The van der Waals surface area contributed by atoms with Crippen molar-refractivity contribution in [2.45, 2.75) is 6.92 Å². The van der Waals surface area contributed by atoms with Crippen LogP contribution in [0.2, 0.25) is 0 Å². The van der Waals surface area contributed by atoms with Crippen molar-refractivity contribution in [3.63, 3.8) is 0 Å². The number of fused-ring (bicyclic) bond motifs is 1. The van der Waals surface area contributed by atoms with Crippen LogP contribution in [0.15, 0.2) is 48.7 Å². The van der Waals surface area contributed by atoms with Crippen LogP contribution in [0.4, 0.5) is 0 Å². The van der Waals surface area contributed by atoms with Gasteiger partial charge in [-0.25, -0.2) is 0 Å². The van der Waals surface area contributed by atoms with Crippen molar-refractivity contribution in [1.29, 1.82) is 0 Å². The molecule has 2 heterocycles. The molecule has 1 aromatic carbocycles. The quantitative estimate of drug-likeness (QED) is 0.496. The zero-order chi connectivity index (χ0) is 13.2. The summed E-state index contributed by atoms with van der Waals surface area (Å²) in [7, 11) is 2.09. The summed E-state index contributed by atoms with van der Waals surface area (Å²) >= 11 is 0. The van der Waals surface area contributed by atoms with Gasteiger partial charge in [0.1, 0.15) is 7.05 Å². The van der Waals surface area contributed by atoms with Crippen molar-refractivity contribution in [3.05, 3.63) is 65.6 Å². The molecule has 0 saturated heterocycles. The first-order chi connectivity index (χ1) is 9.25. The molecule has 3 heteroatoms. The first-order valence-electron chi connectivity index (χ1n) is 6.45. The van der Waals surface area contributed by atoms with Crippen LogP contribution in [0.3, 0.4) is 0 Å². The zero-order valence-corrected chi connectivity index (χ0v) is 13.8. The highest BCUT2D eigenvalue weighted by molar-refractivity contribution is 5.91. The molecule has 0 atom stereocenters. The van der Waals surface area contributed by atoms with E-state index in [1.807, 2.05) is 6.07 Å². The molecule has 0 aliphatic carbocycles. The number of H-pyrrole nitrogens is 1. The standard InChI is InChI=1S/C17H16N2.HI/c1-13-6-5-7-15(19(13)2)11-10-14-12-18-17-9-4-3-8-16(14)17;/h3-12H,1-2H3;1H. The van der Waals surface area contributed by atoms with Gasteiger partial charge in [0.15, 0.2) is 5.69 Å². The molecule has 2 aromatic heterocycles. The molecule has 0 spiro atoms. The van der Waals surface area contributed by atoms with Crippen LogP contribution in [0.5, 0.6) is 0 Å². The van der Waals surface area contributed by atoms with Crippen LogP contribution in [0.1, 0.15) is 17.0 Å². The molecule has 0 fully saturated rings. The minimum atomic E-state index is 0. The smallest absolute Gasteiger partial charge is 0.205 e. The van der Waals surface area contributed by atoms with Gasteiger partial charge in [0.05, 0.1) is 0 Å². The number of hydrogen-bond donors (Lipinski definition) is 1. The van der Waals surface area contributed by atoms with Crippen molar-refractivity contribution in [2.24, 2.45) is 7.05 Å². The van der Waals surface area contributed by atoms with E-state index in [4.69, 9.17) is 0 Å². The lowest BCUT2D eigenvalue weighted by Crippen LogP contribution is -3.00. The lowest BCUT2D eigenvalue weighted by atomic mass is 10.1. The largest absolute Gasteiger partial charge is 1.00 e. The summed E-state index contributed by atoms with van der Waals surface area (Å²) in [5, 5.41) is 1.26. The predicted octanol–water partition coefficient (Wildman–Crippen LogP) is 0.475. The van der Waals surface area contributed by atoms with Gasteiger partial charge in [-0.3, -0.25) is 0 Å². The average Bonchev–Trinajstić information content (AvgIpc) is 2.84. The Balaban J connectivity index is 0.00000147. The Bertz CT molecular complexity index is 757. The Morgan fingerprint density at radius 1 is 1.00 bits per heavy atom. The Morgan fingerprint density at radius 3 is 2.65 bits per heavy atom. The fourth-order valence-corrected chi connectivity index (χ4v) is 2.29. The number of aryl methyl sites for hydroxylation is 1. The lowest BCUT2D eigenvalue weighted by molar-refractivity contribution is -0.679. The maximum atomic E-state index is 3.29. The SMILES string of the molecule is Cc1cccc(/C=C/c2c[nH]c3ccccc23)[n+]1C.[I-]. The van der Waals surface area contributed by atoms with E-state index < -0.39 is 0 Å². The van der Waals surface area contributed by atoms with Gasteiger partial charge in [-0.05, 0) is 23.8 Å². The highest BCUT2D eigenvalue weighted by Gasteiger charge is 2.05. The third-order valence-corrected chi connectivity index (χ3v) is 3.58. The van der Waals surface area contributed by atoms with Crippen LogP contribution in [-0.2, 0) is 7.05 Å². The summed E-state index contributed by atoms with van der Waals surface area (Å²) in [6, 6.07) is 14.7. The van der Waals surface area contributed by atoms with Crippen LogP contribution < -0.4 is 28.5 Å². The summed E-state index contributed by atoms with van der Waals surface area (Å²) < 4.78 is 2.19. The van der Waals surface area contributed by atoms with Gasteiger partial charge in [0.2, 0.25) is 5.69 Å². The van der Waals surface area contributed by atoms with Gasteiger partial charge in [-0.1, -0.05) is 18.2 Å². The van der Waals surface area contributed by atoms with Crippen LogP contribution >= 0.6 is 0 Å². The first kappa shape index (κ1) is 14.8. The van der Waals surface area contributed by atoms with Gasteiger partial charge in [-0.15, -0.1) is 0 Å². The maximum absolute atomic E-state index is 3.29. The van der Waals surface area contributed by atoms with Crippen molar-refractivity contribution in [2.75, 3.05) is 0 Å². The molecule has 3 rings (SSSR count). The minimum Gasteiger partial charge on any atom is -1.00 e. The molecule has 3 aromatic rings. The number of nitrogens with zero attached hydrogens (tertiary/aromatic N) is 1. The number of halogens is 1. The fourth-order valence-electron chi connectivity index (χ4n) is 2.29. The summed E-state index contributed by atoms with van der Waals surface area (Å²) in [6.07, 6.45) is 6.37. The van der Waals surface area contributed by atoms with E-state index in [0.29, 0.717) is 0 Å². The second-order valence-electron chi connectivity index (χ2n) is 4.77. The van der Waals surface area contributed by atoms with Crippen molar-refractivity contribution in [3.8, 4) is 0 Å². The summed E-state index contributed by atoms with van der Waals surface area (Å²) in [4.78, 5) is 3.29. The topological polar surface area (TPSA) is 19.7 Å². The van der Waals surface area contributed by atoms with Gasteiger partial charge < -0.3 is 29.0 Å². The molecule has 0 unspecified atom stereocenters. The van der Waals surface area contributed by atoms with Gasteiger partial charge in [0.25, 0.3) is 0 Å². The van der Waals surface area contributed by atoms with Gasteiger partial charge >= 0.3 is 0 Å². The van der Waals surface area contributed by atoms with E-state index in [-0.39, 0.29) is 24.0 Å². The predicted molar refractivity (Wildman–Crippen MR) is 79.6 cm³/mol. The number of aromatic nitrogens is 2. The normalized spacial score (nSPS) is 10.9. The monoisotopic (exact) mass is 376 g/mol. The Labute approximate surface area is 136 Å². The number of pyridine rings is 1. The summed E-state index contributed by atoms with van der Waals surface area (Å²) in [5.74, 6) is 0. The molecular formula is C17H17IN2. The van der Waals surface area contributed by atoms with Gasteiger partial charge in [0, 0.05) is 42.2 Å². The van der Waals surface area contributed by atoms with Gasteiger partial charge in [-0.2, -0.15) is 4.57 Å². The van der Waals surface area contributed by atoms with Crippen LogP contribution in [-0.4, -0.2) is 4.98 Å². The number of aromatic amines is 1. The molecule has 0 radical (unpaired) electrons. The fraction of sp³-hybridized carbons (Fsp3) is 0.118. The molecule has 20 heavy (non-hydrogen) atoms. The van der Waals surface area contributed by atoms with E-state index in [2.05, 4.69) is 78.3 Å². The molecule has 0 amide bonds. The molecule has 0 aliphatic rings. The maximum Gasteiger partial charge on any atom is 0.205 e. The highest BCUT2D eigenvalue weighted by atomic mass is 127. The van der Waals surface area contributed by atoms with E-state index in [1.54, 1.807) is 0 Å². The van der Waals surface area contributed by atoms with Crippen molar-refractivity contribution >= 4 is 23.1 Å².